The number of carboxylic acids is 1. The number of aliphatic carboxylic acids is 1. The van der Waals surface area contributed by atoms with Gasteiger partial charge in [0.05, 0.1) is 5.69 Å². The molecule has 1 unspecified atom stereocenters. The average molecular weight is 268 g/mol. The summed E-state index contributed by atoms with van der Waals surface area (Å²) in [4.78, 5) is 23.2. The summed E-state index contributed by atoms with van der Waals surface area (Å²) in [6.07, 6.45) is 0. The third-order valence-electron chi connectivity index (χ3n) is 3.00. The number of hydrogen-bond acceptors (Lipinski definition) is 4. The van der Waals surface area contributed by atoms with E-state index < -0.39 is 23.2 Å². The molecule has 0 fully saturated rings. The molecule has 0 radical (unpaired) electrons. The molecule has 19 heavy (non-hydrogen) atoms. The molecule has 106 valence electrons. The van der Waals surface area contributed by atoms with E-state index in [1.165, 1.54) is 0 Å². The summed E-state index contributed by atoms with van der Waals surface area (Å²) >= 11 is 0. The molecule has 1 atom stereocenters. The highest BCUT2D eigenvalue weighted by Gasteiger charge is 2.37. The van der Waals surface area contributed by atoms with Crippen molar-refractivity contribution in [3.05, 3.63) is 17.0 Å². The van der Waals surface area contributed by atoms with Gasteiger partial charge in [0.25, 0.3) is 0 Å². The first-order valence-electron chi connectivity index (χ1n) is 6.07. The molecule has 0 aliphatic carbocycles. The lowest BCUT2D eigenvalue weighted by Gasteiger charge is -2.25. The van der Waals surface area contributed by atoms with Gasteiger partial charge in [0.1, 0.15) is 11.7 Å². The molecule has 0 aromatic carbocycles. The number of amides is 1. The first-order chi connectivity index (χ1) is 8.64. The van der Waals surface area contributed by atoms with Crippen LogP contribution in [0.2, 0.25) is 0 Å². The van der Waals surface area contributed by atoms with Gasteiger partial charge in [0.15, 0.2) is 0 Å². The summed E-state index contributed by atoms with van der Waals surface area (Å²) in [6, 6.07) is 0. The zero-order chi connectivity index (χ0) is 14.8. The smallest absolute Gasteiger partial charge is 0.316 e. The van der Waals surface area contributed by atoms with Crippen molar-refractivity contribution >= 4 is 11.9 Å². The quantitative estimate of drug-likeness (QED) is 0.810. The number of carbonyl (C=O) groups excluding carboxylic acids is 1. The fraction of sp³-hybridized carbons (Fsp3) is 0.615. The van der Waals surface area contributed by atoms with E-state index in [-0.39, 0.29) is 6.54 Å². The van der Waals surface area contributed by atoms with E-state index >= 15 is 0 Å². The van der Waals surface area contributed by atoms with Gasteiger partial charge in [-0.2, -0.15) is 0 Å². The Bertz CT molecular complexity index is 466. The summed E-state index contributed by atoms with van der Waals surface area (Å²) < 4.78 is 4.99. The number of aryl methyl sites for hydroxylation is 2. The molecular weight excluding hydrogens is 248 g/mol. The predicted octanol–water partition coefficient (Wildman–Crippen LogP) is 1.65. The maximum atomic E-state index is 12.0. The first-order valence-corrected chi connectivity index (χ1v) is 6.07. The predicted molar refractivity (Wildman–Crippen MR) is 68.4 cm³/mol. The largest absolute Gasteiger partial charge is 0.481 e. The Balaban J connectivity index is 2.77. The van der Waals surface area contributed by atoms with E-state index in [0.717, 1.165) is 5.56 Å². The fourth-order valence-corrected chi connectivity index (χ4v) is 1.91. The number of nitrogens with zero attached hydrogens (tertiary/aromatic N) is 1. The van der Waals surface area contributed by atoms with E-state index in [1.807, 2.05) is 0 Å². The Morgan fingerprint density at radius 2 is 1.95 bits per heavy atom. The van der Waals surface area contributed by atoms with Crippen LogP contribution in [0, 0.1) is 25.2 Å². The van der Waals surface area contributed by atoms with Gasteiger partial charge in [-0.05, 0) is 19.3 Å². The van der Waals surface area contributed by atoms with Crippen LogP contribution in [0.4, 0.5) is 0 Å². The van der Waals surface area contributed by atoms with Crippen molar-refractivity contribution in [3.8, 4) is 0 Å². The van der Waals surface area contributed by atoms with E-state index in [4.69, 9.17) is 9.63 Å². The summed E-state index contributed by atoms with van der Waals surface area (Å²) in [5, 5.41) is 15.6. The SMILES string of the molecule is Cc1noc(C)c1CNC(=O)C(C(=O)O)C(C)(C)C. The molecule has 0 aliphatic heterocycles. The lowest BCUT2D eigenvalue weighted by atomic mass is 9.80. The molecule has 0 bridgehead atoms. The van der Waals surface area contributed by atoms with Gasteiger partial charge in [-0.3, -0.25) is 9.59 Å². The van der Waals surface area contributed by atoms with Crippen molar-refractivity contribution < 1.29 is 19.2 Å². The normalized spacial score (nSPS) is 13.1. The Morgan fingerprint density at radius 3 is 2.32 bits per heavy atom. The minimum atomic E-state index is -1.12. The molecule has 6 nitrogen and oxygen atoms in total. The van der Waals surface area contributed by atoms with E-state index in [0.29, 0.717) is 11.5 Å². The minimum absolute atomic E-state index is 0.222. The van der Waals surface area contributed by atoms with Crippen LogP contribution in [0.5, 0.6) is 0 Å². The van der Waals surface area contributed by atoms with Gasteiger partial charge in [-0.15, -0.1) is 0 Å². The van der Waals surface area contributed by atoms with Crippen molar-refractivity contribution in [2.24, 2.45) is 11.3 Å². The summed E-state index contributed by atoms with van der Waals surface area (Å²) in [6.45, 7) is 8.92. The number of carboxylic acid groups (broad SMARTS) is 1. The van der Waals surface area contributed by atoms with Gasteiger partial charge >= 0.3 is 5.97 Å². The average Bonchev–Trinajstić information content (AvgIpc) is 2.53. The monoisotopic (exact) mass is 268 g/mol. The van der Waals surface area contributed by atoms with Crippen LogP contribution < -0.4 is 5.32 Å². The fourth-order valence-electron chi connectivity index (χ4n) is 1.91. The second-order valence-corrected chi connectivity index (χ2v) is 5.66. The van der Waals surface area contributed by atoms with E-state index in [1.54, 1.807) is 34.6 Å². The second kappa shape index (κ2) is 5.42. The van der Waals surface area contributed by atoms with Crippen molar-refractivity contribution in [1.82, 2.24) is 10.5 Å². The third kappa shape index (κ3) is 3.56. The molecule has 1 amide bonds. The zero-order valence-electron chi connectivity index (χ0n) is 11.9. The first kappa shape index (κ1) is 15.2. The Morgan fingerprint density at radius 1 is 1.37 bits per heavy atom. The van der Waals surface area contributed by atoms with Crippen molar-refractivity contribution in [2.75, 3.05) is 0 Å². The lowest BCUT2D eigenvalue weighted by Crippen LogP contribution is -2.42. The number of nitrogens with one attached hydrogen (secondary N) is 1. The molecule has 1 aromatic rings. The van der Waals surface area contributed by atoms with Crippen molar-refractivity contribution in [2.45, 2.75) is 41.2 Å². The molecule has 1 heterocycles. The highest BCUT2D eigenvalue weighted by molar-refractivity contribution is 5.97. The molecule has 1 rings (SSSR count). The van der Waals surface area contributed by atoms with Crippen LogP contribution in [0.15, 0.2) is 4.52 Å². The summed E-state index contributed by atoms with van der Waals surface area (Å²) in [7, 11) is 0. The number of hydrogen-bond donors (Lipinski definition) is 2. The molecule has 0 aliphatic rings. The van der Waals surface area contributed by atoms with Gasteiger partial charge in [0, 0.05) is 12.1 Å². The summed E-state index contributed by atoms with van der Waals surface area (Å²) in [5.41, 5.74) is 0.834. The lowest BCUT2D eigenvalue weighted by molar-refractivity contribution is -0.151. The van der Waals surface area contributed by atoms with Crippen LogP contribution in [-0.2, 0) is 16.1 Å². The Labute approximate surface area is 112 Å². The van der Waals surface area contributed by atoms with E-state index in [9.17, 15) is 9.59 Å². The Kier molecular flexibility index (Phi) is 4.34. The van der Waals surface area contributed by atoms with Crippen LogP contribution >= 0.6 is 0 Å². The van der Waals surface area contributed by atoms with Gasteiger partial charge in [-0.1, -0.05) is 25.9 Å². The van der Waals surface area contributed by atoms with Gasteiger partial charge in [0.2, 0.25) is 5.91 Å². The molecular formula is C13H20N2O4. The number of rotatable bonds is 4. The molecule has 0 saturated carbocycles. The van der Waals surface area contributed by atoms with Crippen molar-refractivity contribution in [3.63, 3.8) is 0 Å². The van der Waals surface area contributed by atoms with Crippen LogP contribution in [0.25, 0.3) is 0 Å². The maximum Gasteiger partial charge on any atom is 0.316 e. The van der Waals surface area contributed by atoms with Gasteiger partial charge in [-0.25, -0.2) is 0 Å². The van der Waals surface area contributed by atoms with Crippen LogP contribution in [0.1, 0.15) is 37.8 Å². The van der Waals surface area contributed by atoms with Crippen LogP contribution in [-0.4, -0.2) is 22.1 Å². The molecule has 0 spiro atoms. The topological polar surface area (TPSA) is 92.4 Å². The van der Waals surface area contributed by atoms with E-state index in [2.05, 4.69) is 10.5 Å². The minimum Gasteiger partial charge on any atom is -0.481 e. The highest BCUT2D eigenvalue weighted by atomic mass is 16.5. The Hall–Kier alpha value is -1.85. The standard InChI is InChI=1S/C13H20N2O4/c1-7-9(8(2)19-15-7)6-14-11(16)10(12(17)18)13(3,4)5/h10H,6H2,1-5H3,(H,14,16)(H,17,18). The third-order valence-corrected chi connectivity index (χ3v) is 3.00. The molecule has 6 heteroatoms. The highest BCUT2D eigenvalue weighted by Crippen LogP contribution is 2.26. The van der Waals surface area contributed by atoms with Crippen LogP contribution in [0.3, 0.4) is 0 Å². The second-order valence-electron chi connectivity index (χ2n) is 5.66. The number of carbonyl (C=O) groups is 2. The molecule has 1 aromatic heterocycles. The maximum absolute atomic E-state index is 12.0. The number of aromatic nitrogens is 1. The summed E-state index contributed by atoms with van der Waals surface area (Å²) in [5.74, 6) is -2.09. The zero-order valence-corrected chi connectivity index (χ0v) is 11.9. The molecule has 0 saturated heterocycles. The van der Waals surface area contributed by atoms with Gasteiger partial charge < -0.3 is 14.9 Å². The molecule has 2 N–H and O–H groups in total. The van der Waals surface area contributed by atoms with Crippen molar-refractivity contribution in [1.29, 1.82) is 0 Å².